The van der Waals surface area contributed by atoms with Crippen molar-refractivity contribution in [2.24, 2.45) is 0 Å². The van der Waals surface area contributed by atoms with Crippen molar-refractivity contribution < 1.29 is 9.53 Å². The summed E-state index contributed by atoms with van der Waals surface area (Å²) in [6, 6.07) is 20.6. The van der Waals surface area contributed by atoms with Gasteiger partial charge in [0.15, 0.2) is 0 Å². The summed E-state index contributed by atoms with van der Waals surface area (Å²) in [6.07, 6.45) is 2.89. The monoisotopic (exact) mass is 403 g/mol. The van der Waals surface area contributed by atoms with Gasteiger partial charge in [-0.25, -0.2) is 4.79 Å². The molecular formula is C25H29N3O2. The predicted octanol–water partition coefficient (Wildman–Crippen LogP) is 4.83. The van der Waals surface area contributed by atoms with Gasteiger partial charge in [-0.1, -0.05) is 42.5 Å². The van der Waals surface area contributed by atoms with E-state index < -0.39 is 0 Å². The van der Waals surface area contributed by atoms with Crippen molar-refractivity contribution in [1.29, 1.82) is 0 Å². The van der Waals surface area contributed by atoms with Crippen LogP contribution in [0.25, 0.3) is 5.69 Å². The molecule has 0 radical (unpaired) electrons. The number of carbonyl (C=O) groups excluding carboxylic acids is 1. The maximum absolute atomic E-state index is 13.4. The smallest absolute Gasteiger partial charge is 0.318 e. The number of ether oxygens (including phenoxy) is 1. The number of rotatable bonds is 6. The number of benzene rings is 2. The highest BCUT2D eigenvalue weighted by molar-refractivity contribution is 5.76. The van der Waals surface area contributed by atoms with Gasteiger partial charge in [0.1, 0.15) is 6.04 Å². The van der Waals surface area contributed by atoms with Crippen LogP contribution >= 0.6 is 0 Å². The average molecular weight is 404 g/mol. The van der Waals surface area contributed by atoms with Gasteiger partial charge < -0.3 is 19.5 Å². The zero-order valence-electron chi connectivity index (χ0n) is 17.7. The minimum absolute atomic E-state index is 0.0517. The van der Waals surface area contributed by atoms with E-state index in [0.717, 1.165) is 28.9 Å². The molecule has 2 heterocycles. The molecule has 0 saturated carbocycles. The molecule has 5 heteroatoms. The van der Waals surface area contributed by atoms with Crippen molar-refractivity contribution in [1.82, 2.24) is 14.8 Å². The number of urea groups is 1. The lowest BCUT2D eigenvalue weighted by molar-refractivity contribution is 0.143. The van der Waals surface area contributed by atoms with Gasteiger partial charge in [-0.05, 0) is 55.2 Å². The van der Waals surface area contributed by atoms with E-state index in [4.69, 9.17) is 4.74 Å². The highest BCUT2D eigenvalue weighted by Crippen LogP contribution is 2.37. The number of carbonyl (C=O) groups is 1. The Morgan fingerprint density at radius 3 is 2.73 bits per heavy atom. The molecule has 2 amide bonds. The van der Waals surface area contributed by atoms with Crippen molar-refractivity contribution in [3.05, 3.63) is 89.2 Å². The number of amides is 2. The highest BCUT2D eigenvalue weighted by atomic mass is 16.5. The Labute approximate surface area is 178 Å². The molecule has 1 aromatic heterocycles. The Morgan fingerprint density at radius 2 is 1.90 bits per heavy atom. The van der Waals surface area contributed by atoms with Gasteiger partial charge in [0.25, 0.3) is 0 Å². The summed E-state index contributed by atoms with van der Waals surface area (Å²) < 4.78 is 7.62. The molecule has 4 rings (SSSR count). The molecule has 1 N–H and O–H groups in total. The fourth-order valence-electron chi connectivity index (χ4n) is 4.18. The minimum atomic E-state index is -0.166. The summed E-state index contributed by atoms with van der Waals surface area (Å²) in [5, 5.41) is 3.11. The highest BCUT2D eigenvalue weighted by Gasteiger charge is 2.33. The molecule has 3 aromatic rings. The zero-order chi connectivity index (χ0) is 20.9. The van der Waals surface area contributed by atoms with Gasteiger partial charge in [0, 0.05) is 31.6 Å². The second-order valence-electron chi connectivity index (χ2n) is 7.60. The molecule has 5 nitrogen and oxygen atoms in total. The van der Waals surface area contributed by atoms with Crippen molar-refractivity contribution in [2.45, 2.75) is 32.9 Å². The second kappa shape index (κ2) is 9.18. The number of hydrogen-bond donors (Lipinski definition) is 1. The molecule has 0 spiro atoms. The Kier molecular flexibility index (Phi) is 6.19. The van der Waals surface area contributed by atoms with Gasteiger partial charge in [-0.3, -0.25) is 0 Å². The fraction of sp³-hybridized carbons (Fsp3) is 0.320. The van der Waals surface area contributed by atoms with Gasteiger partial charge in [0.2, 0.25) is 0 Å². The van der Waals surface area contributed by atoms with Crippen LogP contribution in [0.15, 0.2) is 66.9 Å². The Bertz CT molecular complexity index is 1010. The molecule has 0 fully saturated rings. The van der Waals surface area contributed by atoms with Crippen LogP contribution in [0.5, 0.6) is 0 Å². The van der Waals surface area contributed by atoms with E-state index in [2.05, 4.69) is 65.5 Å². The van der Waals surface area contributed by atoms with E-state index in [0.29, 0.717) is 26.3 Å². The summed E-state index contributed by atoms with van der Waals surface area (Å²) in [5.74, 6) is 0. The number of para-hydroxylation sites is 1. The van der Waals surface area contributed by atoms with Crippen molar-refractivity contribution in [3.63, 3.8) is 0 Å². The van der Waals surface area contributed by atoms with E-state index in [1.54, 1.807) is 0 Å². The van der Waals surface area contributed by atoms with E-state index in [-0.39, 0.29) is 12.1 Å². The first-order valence-electron chi connectivity index (χ1n) is 10.6. The molecule has 1 aliphatic rings. The lowest BCUT2D eigenvalue weighted by atomic mass is 9.97. The molecule has 156 valence electrons. The molecule has 1 aliphatic heterocycles. The normalized spacial score (nSPS) is 15.3. The molecule has 0 aliphatic carbocycles. The summed E-state index contributed by atoms with van der Waals surface area (Å²) in [4.78, 5) is 15.3. The van der Waals surface area contributed by atoms with Crippen LogP contribution < -0.4 is 5.32 Å². The first kappa shape index (κ1) is 20.2. The summed E-state index contributed by atoms with van der Waals surface area (Å²) in [5.41, 5.74) is 5.68. The Balaban J connectivity index is 1.73. The van der Waals surface area contributed by atoms with Crippen LogP contribution in [0, 0.1) is 6.92 Å². The maximum atomic E-state index is 13.4. The molecule has 2 aromatic carbocycles. The van der Waals surface area contributed by atoms with E-state index in [9.17, 15) is 4.79 Å². The molecular weight excluding hydrogens is 374 g/mol. The van der Waals surface area contributed by atoms with E-state index >= 15 is 0 Å². The van der Waals surface area contributed by atoms with Crippen LogP contribution in [0.1, 0.15) is 41.8 Å². The van der Waals surface area contributed by atoms with Crippen LogP contribution in [-0.2, 0) is 11.3 Å². The van der Waals surface area contributed by atoms with Crippen LogP contribution in [-0.4, -0.2) is 35.3 Å². The lowest BCUT2D eigenvalue weighted by Crippen LogP contribution is -2.42. The third-order valence-corrected chi connectivity index (χ3v) is 5.65. The summed E-state index contributed by atoms with van der Waals surface area (Å²) >= 11 is 0. The standard InChI is InChI=1S/C25H29N3O2/c1-3-30-17-9-15-26-25(29)28-18-20-11-5-7-13-22(20)27-16-8-14-23(27)24(28)21-12-6-4-10-19(21)2/h4-8,10-14,16,24H,3,9,15,17-18H2,1-2H3,(H,26,29)/t24-/m1/s1. The number of fused-ring (bicyclic) bond motifs is 3. The molecule has 1 atom stereocenters. The summed E-state index contributed by atoms with van der Waals surface area (Å²) in [7, 11) is 0. The molecule has 30 heavy (non-hydrogen) atoms. The minimum Gasteiger partial charge on any atom is -0.382 e. The Morgan fingerprint density at radius 1 is 1.10 bits per heavy atom. The van der Waals surface area contributed by atoms with Gasteiger partial charge in [-0.2, -0.15) is 0 Å². The number of nitrogens with zero attached hydrogens (tertiary/aromatic N) is 2. The van der Waals surface area contributed by atoms with Gasteiger partial charge in [0.05, 0.1) is 12.2 Å². The Hall–Kier alpha value is -3.05. The summed E-state index contributed by atoms with van der Waals surface area (Å²) in [6.45, 7) is 6.59. The first-order valence-corrected chi connectivity index (χ1v) is 10.6. The SMILES string of the molecule is CCOCCCNC(=O)N1Cc2ccccc2-n2cccc2[C@H]1c1ccccc1C. The maximum Gasteiger partial charge on any atom is 0.318 e. The van der Waals surface area contributed by atoms with Crippen LogP contribution in [0.4, 0.5) is 4.79 Å². The average Bonchev–Trinajstić information content (AvgIpc) is 3.19. The van der Waals surface area contributed by atoms with Gasteiger partial charge in [-0.15, -0.1) is 0 Å². The number of aromatic nitrogens is 1. The third-order valence-electron chi connectivity index (χ3n) is 5.65. The number of aryl methyl sites for hydroxylation is 1. The molecule has 0 unspecified atom stereocenters. The molecule has 0 saturated heterocycles. The lowest BCUT2D eigenvalue weighted by Gasteiger charge is -2.32. The third kappa shape index (κ3) is 3.98. The zero-order valence-corrected chi connectivity index (χ0v) is 17.7. The quantitative estimate of drug-likeness (QED) is 0.600. The largest absolute Gasteiger partial charge is 0.382 e. The topological polar surface area (TPSA) is 46.5 Å². The second-order valence-corrected chi connectivity index (χ2v) is 7.60. The van der Waals surface area contributed by atoms with E-state index in [1.165, 1.54) is 5.56 Å². The van der Waals surface area contributed by atoms with Crippen molar-refractivity contribution in [3.8, 4) is 5.69 Å². The predicted molar refractivity (Wildman–Crippen MR) is 119 cm³/mol. The van der Waals surface area contributed by atoms with E-state index in [1.807, 2.05) is 30.0 Å². The van der Waals surface area contributed by atoms with Crippen LogP contribution in [0.2, 0.25) is 0 Å². The van der Waals surface area contributed by atoms with Crippen molar-refractivity contribution >= 4 is 6.03 Å². The first-order chi connectivity index (χ1) is 14.7. The van der Waals surface area contributed by atoms with Gasteiger partial charge >= 0.3 is 6.03 Å². The number of hydrogen-bond acceptors (Lipinski definition) is 2. The number of nitrogens with one attached hydrogen (secondary N) is 1. The van der Waals surface area contributed by atoms with Crippen molar-refractivity contribution in [2.75, 3.05) is 19.8 Å². The fourth-order valence-corrected chi connectivity index (χ4v) is 4.18. The van der Waals surface area contributed by atoms with Crippen LogP contribution in [0.3, 0.4) is 0 Å². The molecule has 0 bridgehead atoms.